The Bertz CT molecular complexity index is 1030. The zero-order valence-electron chi connectivity index (χ0n) is 49.7. The van der Waals surface area contributed by atoms with E-state index in [0.717, 1.165) is 0 Å². The molecule has 0 atom stereocenters. The monoisotopic (exact) mass is 1380 g/mol. The summed E-state index contributed by atoms with van der Waals surface area (Å²) in [6.45, 7) is 45.1. The van der Waals surface area contributed by atoms with Gasteiger partial charge < -0.3 is 81.1 Å². The first-order chi connectivity index (χ1) is 35.6. The van der Waals surface area contributed by atoms with E-state index in [2.05, 4.69) is 132 Å². The number of thiocarbonyl (C=S) groups is 4. The molecule has 0 aromatic carbocycles. The summed E-state index contributed by atoms with van der Waals surface area (Å²) < 4.78 is 4.26. The fraction of sp³-hybridized carbons (Fsp3) is 0.923. The zero-order valence-corrected chi connectivity index (χ0v) is 57.1. The molecule has 0 spiro atoms. The molecule has 0 rings (SSSR count). The summed E-state index contributed by atoms with van der Waals surface area (Å²) in [6.07, 6.45) is 33.2. The minimum Gasteiger partial charge on any atom is -0.753 e. The third-order valence-corrected chi connectivity index (χ3v) is 11.8. The molecule has 0 aliphatic carbocycles. The van der Waals surface area contributed by atoms with Crippen molar-refractivity contribution in [3.63, 3.8) is 0 Å². The van der Waals surface area contributed by atoms with Gasteiger partial charge >= 0.3 is 39.9 Å². The van der Waals surface area contributed by atoms with Gasteiger partial charge in [-0.25, -0.2) is 0 Å². The molecular weight excluding hydrogens is 1270 g/mol. The first-order valence-electron chi connectivity index (χ1n) is 27.6. The van der Waals surface area contributed by atoms with Gasteiger partial charge in [-0.15, -0.1) is 0 Å². The molecule has 0 fully saturated rings. The Balaban J connectivity index is -0.0000000757. The van der Waals surface area contributed by atoms with Gasteiger partial charge in [0.25, 0.3) is 0 Å². The van der Waals surface area contributed by atoms with Crippen LogP contribution >= 0.6 is 48.9 Å². The minimum absolute atomic E-state index is 0. The second kappa shape index (κ2) is 89.6. The summed E-state index contributed by atoms with van der Waals surface area (Å²) in [5.41, 5.74) is 0. The van der Waals surface area contributed by atoms with E-state index in [0.29, 0.717) is 0 Å². The van der Waals surface area contributed by atoms with Gasteiger partial charge in [0.15, 0.2) is 0 Å². The predicted octanol–water partition coefficient (Wildman–Crippen LogP) is 16.9. The van der Waals surface area contributed by atoms with Crippen LogP contribution in [0.2, 0.25) is 0 Å². The maximum absolute atomic E-state index is 8.25. The van der Waals surface area contributed by atoms with Crippen LogP contribution in [0, 0.1) is 85.9 Å². The summed E-state index contributed by atoms with van der Waals surface area (Å²) in [6, 6.07) is 0. The van der Waals surface area contributed by atoms with Crippen molar-refractivity contribution in [2.45, 2.75) is 237 Å². The van der Waals surface area contributed by atoms with Crippen molar-refractivity contribution >= 4 is 69.5 Å². The molecule has 24 heteroatoms. The van der Waals surface area contributed by atoms with Crippen LogP contribution in [0.4, 0.5) is 0 Å². The van der Waals surface area contributed by atoms with E-state index in [1.54, 1.807) is 0 Å². The van der Waals surface area contributed by atoms with Crippen LogP contribution in [0.3, 0.4) is 0 Å². The topological polar surface area (TPSA) is 288 Å². The van der Waals surface area contributed by atoms with Gasteiger partial charge in [0.2, 0.25) is 0 Å². The van der Waals surface area contributed by atoms with Crippen molar-refractivity contribution in [3.8, 4) is 0 Å². The Morgan fingerprint density at radius 1 is 0.276 bits per heavy atom. The Morgan fingerprint density at radius 3 is 0.368 bits per heavy atom. The van der Waals surface area contributed by atoms with Crippen LogP contribution in [-0.2, 0) is 0 Å². The largest absolute Gasteiger partial charge is 4.00 e. The summed E-state index contributed by atoms with van der Waals surface area (Å²) in [5.74, 6) is 0. The molecule has 0 aliphatic heterocycles. The second-order valence-corrected chi connectivity index (χ2v) is 18.7. The van der Waals surface area contributed by atoms with E-state index in [1.807, 2.05) is 0 Å². The number of hydrogen-bond acceptors (Lipinski definition) is 13. The molecule has 0 unspecified atom stereocenters. The van der Waals surface area contributed by atoms with Crippen LogP contribution in [0.1, 0.15) is 237 Å². The van der Waals surface area contributed by atoms with Gasteiger partial charge in [0, 0.05) is 0 Å². The molecule has 0 amide bonds. The van der Waals surface area contributed by atoms with E-state index < -0.39 is 15.3 Å². The fourth-order valence-corrected chi connectivity index (χ4v) is 7.93. The number of rotatable bonds is 36. The number of nitrogens with zero attached hydrogens (tertiary/aromatic N) is 10. The molecule has 0 N–H and O–H groups in total. The summed E-state index contributed by atoms with van der Waals surface area (Å²) in [7, 11) is 0. The van der Waals surface area contributed by atoms with Crippen molar-refractivity contribution in [2.24, 2.45) is 0 Å². The Kier molecular flexibility index (Phi) is 117. The molecule has 448 valence electrons. The van der Waals surface area contributed by atoms with E-state index in [1.165, 1.54) is 267 Å². The summed E-state index contributed by atoms with van der Waals surface area (Å²) in [5, 5.41) is 78.1. The average molecular weight is 1380 g/mol. The maximum Gasteiger partial charge on any atom is 4.00 e. The zero-order chi connectivity index (χ0) is 60.5. The molecule has 0 heterocycles. The van der Waals surface area contributed by atoms with E-state index >= 15 is 0 Å². The quantitative estimate of drug-likeness (QED) is 0.0186. The third-order valence-electron chi connectivity index (χ3n) is 11.8. The van der Waals surface area contributed by atoms with Gasteiger partial charge in [-0.1, -0.05) is 209 Å². The number of hydrogen-bond donors (Lipinski definition) is 0. The second-order valence-electron chi connectivity index (χ2n) is 18.0. The van der Waals surface area contributed by atoms with Gasteiger partial charge in [0.05, 0.1) is 93.8 Å². The number of quaternary nitrogens is 3. The molecular formula is C52H108N10O9S4Th. The van der Waals surface area contributed by atoms with Crippen molar-refractivity contribution in [1.29, 1.82) is 0 Å². The molecule has 0 aromatic heterocycles. The Morgan fingerprint density at radius 2 is 0.329 bits per heavy atom. The van der Waals surface area contributed by atoms with Crippen molar-refractivity contribution < 1.29 is 68.6 Å². The van der Waals surface area contributed by atoms with Crippen LogP contribution < -0.4 is 0 Å². The third kappa shape index (κ3) is 108. The molecule has 0 aliphatic rings. The summed E-state index contributed by atoms with van der Waals surface area (Å²) in [4.78, 5) is 24.8. The Labute approximate surface area is 517 Å². The first kappa shape index (κ1) is 99.4. The van der Waals surface area contributed by atoms with Crippen molar-refractivity contribution in [1.82, 2.24) is 0 Å². The minimum atomic E-state index is -1.75. The van der Waals surface area contributed by atoms with Crippen LogP contribution in [0.5, 0.6) is 0 Å². The van der Waals surface area contributed by atoms with Gasteiger partial charge in [-0.05, 0) is 77.0 Å². The van der Waals surface area contributed by atoms with Crippen LogP contribution in [0.25, 0.3) is 21.6 Å². The van der Waals surface area contributed by atoms with Crippen LogP contribution in [-0.4, -0.2) is 128 Å². The molecule has 19 nitrogen and oxygen atoms in total. The van der Waals surface area contributed by atoms with Gasteiger partial charge in [-0.2, -0.15) is 20.6 Å². The molecule has 0 bridgehead atoms. The average Bonchev–Trinajstić information content (AvgIpc) is 3.36. The predicted molar refractivity (Wildman–Crippen MR) is 333 cm³/mol. The molecule has 0 saturated heterocycles. The van der Waals surface area contributed by atoms with Gasteiger partial charge in [-0.3, -0.25) is 0 Å². The first-order valence-corrected chi connectivity index (χ1v) is 29.3. The number of unbranched alkanes of at least 4 members (excludes halogenated alkanes) is 12. The fourth-order valence-electron chi connectivity index (χ4n) is 7.93. The molecule has 76 heavy (non-hydrogen) atoms. The normalized spacial score (nSPS) is 9.42. The molecule has 0 saturated carbocycles. The van der Waals surface area contributed by atoms with E-state index in [4.69, 9.17) is 67.6 Å². The summed E-state index contributed by atoms with van der Waals surface area (Å²) >= 11 is 14.8. The Hall–Kier alpha value is -2.00. The van der Waals surface area contributed by atoms with Crippen molar-refractivity contribution in [3.05, 3.63) is 67.6 Å². The molecule has 0 radical (unpaired) electrons. The number of isothiocyanates is 4. The smallest absolute Gasteiger partial charge is 0.753 e. The van der Waals surface area contributed by atoms with E-state index in [-0.39, 0.29) is 39.9 Å². The maximum atomic E-state index is 8.25. The van der Waals surface area contributed by atoms with Crippen molar-refractivity contribution in [2.75, 3.05) is 78.5 Å². The SMILES string of the molecule is CCCC[N+](CCCC)(CCCC)CCCC.CCCC[N+](CCCC)(CCCC)CCCC.CCCC[N+](CCCC)(CCCC)CCCC.O=[N+]([O-])[O-].O=[N+]([O-])[O-].O=[N+]([O-])[O-].[N-]=C=S.[N-]=C=S.[N-]=C=S.[N-]=C=S.[Th+4]. The van der Waals surface area contributed by atoms with Crippen LogP contribution in [0.15, 0.2) is 0 Å². The molecule has 0 aromatic rings. The standard InChI is InChI=1S/3C16H36N.4CNS.3NO3.Th/c3*1-5-9-13-17(14-10-6-2,15-11-7-3)16-12-8-4;4*2-1-3;3*2-1(3)4;/h3*5-16H2,1-4H3;;;;;;;;/q3*+1;7*-1;+4. The van der Waals surface area contributed by atoms with Gasteiger partial charge in [0.1, 0.15) is 0 Å². The van der Waals surface area contributed by atoms with E-state index in [9.17, 15) is 0 Å².